The van der Waals surface area contributed by atoms with E-state index in [0.29, 0.717) is 6.61 Å². The average Bonchev–Trinajstić information content (AvgIpc) is 2.66. The molecule has 0 radical (unpaired) electrons. The van der Waals surface area contributed by atoms with E-state index in [2.05, 4.69) is 0 Å². The molecule has 98 valence electrons. The van der Waals surface area contributed by atoms with E-state index in [1.807, 2.05) is 13.8 Å². The molecule has 2 aliphatic heterocycles. The highest BCUT2D eigenvalue weighted by molar-refractivity contribution is 5.80. The number of nitrogens with two attached hydrogens (primary N) is 1. The van der Waals surface area contributed by atoms with Gasteiger partial charge in [-0.25, -0.2) is 0 Å². The molecule has 17 heavy (non-hydrogen) atoms. The summed E-state index contributed by atoms with van der Waals surface area (Å²) in [4.78, 5) is 11.3. The summed E-state index contributed by atoms with van der Waals surface area (Å²) in [5.74, 6) is -2.04. The Bertz CT molecular complexity index is 328. The summed E-state index contributed by atoms with van der Waals surface area (Å²) in [6.45, 7) is 7.47. The molecule has 0 aromatic rings. The van der Waals surface area contributed by atoms with Crippen molar-refractivity contribution in [2.24, 2.45) is 5.73 Å². The van der Waals surface area contributed by atoms with Gasteiger partial charge in [0.05, 0.1) is 6.61 Å². The predicted molar refractivity (Wildman–Crippen MR) is 57.9 cm³/mol. The molecular weight excluding hydrogens is 226 g/mol. The molecule has 3 atom stereocenters. The van der Waals surface area contributed by atoms with Crippen molar-refractivity contribution in [2.75, 3.05) is 6.61 Å². The SMILES string of the molecule is CC1(C)OC[C@@H]([C@@H]2OC(C)(C)O[C@@H]2C(N)=O)O1. The summed E-state index contributed by atoms with van der Waals surface area (Å²) >= 11 is 0. The van der Waals surface area contributed by atoms with Crippen molar-refractivity contribution in [1.29, 1.82) is 0 Å². The zero-order chi connectivity index (χ0) is 12.8. The summed E-state index contributed by atoms with van der Waals surface area (Å²) in [5.41, 5.74) is 5.30. The van der Waals surface area contributed by atoms with Crippen LogP contribution in [0.3, 0.4) is 0 Å². The molecule has 0 bridgehead atoms. The Labute approximate surface area is 100 Å². The van der Waals surface area contributed by atoms with E-state index in [1.54, 1.807) is 13.8 Å². The molecule has 0 aromatic carbocycles. The Morgan fingerprint density at radius 2 is 1.76 bits per heavy atom. The van der Waals surface area contributed by atoms with Gasteiger partial charge in [-0.1, -0.05) is 0 Å². The van der Waals surface area contributed by atoms with E-state index in [9.17, 15) is 4.79 Å². The highest BCUT2D eigenvalue weighted by Crippen LogP contribution is 2.35. The van der Waals surface area contributed by atoms with Crippen LogP contribution in [0.25, 0.3) is 0 Å². The molecule has 0 aliphatic carbocycles. The largest absolute Gasteiger partial charge is 0.367 e. The molecule has 2 saturated heterocycles. The minimum atomic E-state index is -0.833. The minimum Gasteiger partial charge on any atom is -0.367 e. The number of ether oxygens (including phenoxy) is 4. The zero-order valence-electron chi connectivity index (χ0n) is 10.6. The molecule has 6 nitrogen and oxygen atoms in total. The van der Waals surface area contributed by atoms with Gasteiger partial charge in [-0.3, -0.25) is 4.79 Å². The molecule has 1 amide bonds. The maximum Gasteiger partial charge on any atom is 0.249 e. The first-order valence-corrected chi connectivity index (χ1v) is 5.67. The highest BCUT2D eigenvalue weighted by Gasteiger charge is 2.51. The van der Waals surface area contributed by atoms with Crippen molar-refractivity contribution in [3.05, 3.63) is 0 Å². The van der Waals surface area contributed by atoms with Crippen LogP contribution < -0.4 is 5.73 Å². The van der Waals surface area contributed by atoms with E-state index in [-0.39, 0.29) is 6.10 Å². The number of hydrogen-bond donors (Lipinski definition) is 1. The van der Waals surface area contributed by atoms with E-state index in [4.69, 9.17) is 24.7 Å². The lowest BCUT2D eigenvalue weighted by Crippen LogP contribution is -2.44. The average molecular weight is 245 g/mol. The maximum absolute atomic E-state index is 11.3. The summed E-state index contributed by atoms with van der Waals surface area (Å²) < 4.78 is 22.3. The normalized spacial score (nSPS) is 39.4. The number of carbonyl (C=O) groups excluding carboxylic acids is 1. The summed E-state index contributed by atoms with van der Waals surface area (Å²) in [6.07, 6.45) is -1.67. The van der Waals surface area contributed by atoms with Crippen molar-refractivity contribution < 1.29 is 23.7 Å². The van der Waals surface area contributed by atoms with Gasteiger partial charge in [-0.05, 0) is 27.7 Å². The van der Waals surface area contributed by atoms with Crippen molar-refractivity contribution in [1.82, 2.24) is 0 Å². The first kappa shape index (κ1) is 12.8. The molecule has 2 heterocycles. The van der Waals surface area contributed by atoms with Crippen LogP contribution in [0.1, 0.15) is 27.7 Å². The van der Waals surface area contributed by atoms with Gasteiger partial charge in [0.25, 0.3) is 0 Å². The number of hydrogen-bond acceptors (Lipinski definition) is 5. The Balaban J connectivity index is 2.12. The molecule has 2 N–H and O–H groups in total. The third-order valence-electron chi connectivity index (χ3n) is 2.81. The third kappa shape index (κ3) is 2.60. The molecule has 0 saturated carbocycles. The Morgan fingerprint density at radius 1 is 1.12 bits per heavy atom. The van der Waals surface area contributed by atoms with E-state index in [0.717, 1.165) is 0 Å². The number of rotatable bonds is 2. The molecule has 0 spiro atoms. The summed E-state index contributed by atoms with van der Waals surface area (Å²) in [5, 5.41) is 0. The fraction of sp³-hybridized carbons (Fsp3) is 0.909. The van der Waals surface area contributed by atoms with Gasteiger partial charge in [-0.2, -0.15) is 0 Å². The highest BCUT2D eigenvalue weighted by atomic mass is 16.8. The van der Waals surface area contributed by atoms with Crippen LogP contribution in [0.15, 0.2) is 0 Å². The van der Waals surface area contributed by atoms with Gasteiger partial charge in [-0.15, -0.1) is 0 Å². The molecule has 2 rings (SSSR count). The first-order valence-electron chi connectivity index (χ1n) is 5.67. The lowest BCUT2D eigenvalue weighted by molar-refractivity contribution is -0.175. The summed E-state index contributed by atoms with van der Waals surface area (Å²) in [6, 6.07) is 0. The van der Waals surface area contributed by atoms with Gasteiger partial charge < -0.3 is 24.7 Å². The van der Waals surface area contributed by atoms with Crippen LogP contribution in [0.5, 0.6) is 0 Å². The zero-order valence-corrected chi connectivity index (χ0v) is 10.6. The minimum absolute atomic E-state index is 0.343. The van der Waals surface area contributed by atoms with Crippen LogP contribution in [-0.2, 0) is 23.7 Å². The van der Waals surface area contributed by atoms with E-state index in [1.165, 1.54) is 0 Å². The van der Waals surface area contributed by atoms with Gasteiger partial charge in [0.2, 0.25) is 5.91 Å². The standard InChI is InChI=1S/C11H19NO5/c1-10(2)14-5-6(15-10)7-8(9(12)13)17-11(3,4)16-7/h6-8H,5H2,1-4H3,(H2,12,13)/t6-,7-,8-/m0/s1. The van der Waals surface area contributed by atoms with Gasteiger partial charge in [0, 0.05) is 0 Å². The first-order chi connectivity index (χ1) is 7.70. The molecule has 6 heteroatoms. The molecule has 2 fully saturated rings. The van der Waals surface area contributed by atoms with Crippen LogP contribution in [0.2, 0.25) is 0 Å². The van der Waals surface area contributed by atoms with E-state index < -0.39 is 29.7 Å². The van der Waals surface area contributed by atoms with Crippen LogP contribution in [0.4, 0.5) is 0 Å². The lowest BCUT2D eigenvalue weighted by atomic mass is 10.1. The van der Waals surface area contributed by atoms with Crippen molar-refractivity contribution in [3.63, 3.8) is 0 Å². The van der Waals surface area contributed by atoms with Crippen molar-refractivity contribution in [2.45, 2.75) is 57.6 Å². The second-order valence-electron chi connectivity index (χ2n) is 5.29. The Kier molecular flexibility index (Phi) is 2.94. The van der Waals surface area contributed by atoms with Crippen LogP contribution in [-0.4, -0.2) is 42.4 Å². The number of primary amides is 1. The lowest BCUT2D eigenvalue weighted by Gasteiger charge is -2.22. The van der Waals surface area contributed by atoms with Crippen LogP contribution in [0, 0.1) is 0 Å². The smallest absolute Gasteiger partial charge is 0.249 e. The van der Waals surface area contributed by atoms with Gasteiger partial charge in [0.1, 0.15) is 12.2 Å². The topological polar surface area (TPSA) is 80.0 Å². The third-order valence-corrected chi connectivity index (χ3v) is 2.81. The Hall–Kier alpha value is -0.690. The molecule has 0 unspecified atom stereocenters. The fourth-order valence-electron chi connectivity index (χ4n) is 2.16. The number of carbonyl (C=O) groups is 1. The predicted octanol–water partition coefficient (Wildman–Crippen LogP) is 0.143. The quantitative estimate of drug-likeness (QED) is 0.748. The summed E-state index contributed by atoms with van der Waals surface area (Å²) in [7, 11) is 0. The maximum atomic E-state index is 11.3. The van der Waals surface area contributed by atoms with Gasteiger partial charge in [0.15, 0.2) is 17.7 Å². The number of amides is 1. The van der Waals surface area contributed by atoms with Gasteiger partial charge >= 0.3 is 0 Å². The fourth-order valence-corrected chi connectivity index (χ4v) is 2.16. The van der Waals surface area contributed by atoms with E-state index >= 15 is 0 Å². The van der Waals surface area contributed by atoms with Crippen molar-refractivity contribution >= 4 is 5.91 Å². The second-order valence-corrected chi connectivity index (χ2v) is 5.29. The van der Waals surface area contributed by atoms with Crippen molar-refractivity contribution in [3.8, 4) is 0 Å². The molecule has 0 aromatic heterocycles. The molecular formula is C11H19NO5. The van der Waals surface area contributed by atoms with Crippen LogP contribution >= 0.6 is 0 Å². The second kappa shape index (κ2) is 3.91. The molecule has 2 aliphatic rings. The Morgan fingerprint density at radius 3 is 2.24 bits per heavy atom. The monoisotopic (exact) mass is 245 g/mol.